The maximum Gasteiger partial charge on any atom is 0.340 e. The van der Waals surface area contributed by atoms with E-state index in [1.165, 1.54) is 29.7 Å². The van der Waals surface area contributed by atoms with Gasteiger partial charge in [-0.25, -0.2) is 13.6 Å². The molecule has 140 valence electrons. The number of carbonyl (C=O) groups excluding carboxylic acids is 2. The molecule has 0 bridgehead atoms. The van der Waals surface area contributed by atoms with Crippen molar-refractivity contribution in [3.63, 3.8) is 0 Å². The first kappa shape index (κ1) is 20.3. The first-order chi connectivity index (χ1) is 12.3. The van der Waals surface area contributed by atoms with Crippen molar-refractivity contribution >= 4 is 40.2 Å². The van der Waals surface area contributed by atoms with Gasteiger partial charge in [-0.1, -0.05) is 0 Å². The zero-order valence-corrected chi connectivity index (χ0v) is 16.5. The third-order valence-corrected chi connectivity index (χ3v) is 4.66. The average molecular weight is 478 g/mol. The number of aromatic amines is 1. The fourth-order valence-corrected chi connectivity index (χ4v) is 2.71. The van der Waals surface area contributed by atoms with E-state index in [2.05, 4.69) is 10.3 Å². The van der Waals surface area contributed by atoms with E-state index in [0.717, 1.165) is 12.1 Å². The molecule has 2 N–H and O–H groups in total. The second-order valence-corrected chi connectivity index (χ2v) is 6.54. The summed E-state index contributed by atoms with van der Waals surface area (Å²) in [6.45, 7) is 3.55. The molecule has 0 atom stereocenters. The van der Waals surface area contributed by atoms with Crippen LogP contribution in [0, 0.1) is 29.1 Å². The number of amides is 1. The number of rotatable bonds is 6. The van der Waals surface area contributed by atoms with Crippen LogP contribution in [-0.4, -0.2) is 37.2 Å². The highest BCUT2D eigenvalue weighted by Gasteiger charge is 2.23. The van der Waals surface area contributed by atoms with Crippen LogP contribution in [0.25, 0.3) is 0 Å². The number of aromatic nitrogens is 1. The van der Waals surface area contributed by atoms with Gasteiger partial charge in [-0.3, -0.25) is 4.79 Å². The molecule has 1 heterocycles. The quantitative estimate of drug-likeness (QED) is 0.288. The molecule has 1 aromatic carbocycles. The predicted octanol–water partition coefficient (Wildman–Crippen LogP) is 3.57. The lowest BCUT2D eigenvalue weighted by molar-refractivity contribution is 0.0387. The second-order valence-electron chi connectivity index (χ2n) is 5.46. The Morgan fingerprint density at radius 3 is 2.38 bits per heavy atom. The van der Waals surface area contributed by atoms with E-state index in [-0.39, 0.29) is 33.7 Å². The normalized spacial score (nSPS) is 10.7. The summed E-state index contributed by atoms with van der Waals surface area (Å²) in [7, 11) is 1.49. The number of hydrogen-bond acceptors (Lipinski definition) is 4. The van der Waals surface area contributed by atoms with Gasteiger partial charge >= 0.3 is 5.97 Å². The molecular weight excluding hydrogens is 461 g/mol. The van der Waals surface area contributed by atoms with Crippen molar-refractivity contribution in [1.82, 2.24) is 4.98 Å². The Kier molecular flexibility index (Phi) is 6.70. The summed E-state index contributed by atoms with van der Waals surface area (Å²) in [5.74, 6) is -2.76. The van der Waals surface area contributed by atoms with Gasteiger partial charge in [-0.05, 0) is 54.1 Å². The molecule has 0 aliphatic heterocycles. The predicted molar refractivity (Wildman–Crippen MR) is 99.5 cm³/mol. The van der Waals surface area contributed by atoms with Crippen molar-refractivity contribution in [3.8, 4) is 0 Å². The minimum absolute atomic E-state index is 0.0266. The topological polar surface area (TPSA) is 80.4 Å². The Hall–Kier alpha value is -2.01. The molecule has 0 saturated heterocycles. The molecule has 2 aromatic rings. The maximum atomic E-state index is 13.6. The molecule has 0 radical (unpaired) electrons. The summed E-state index contributed by atoms with van der Waals surface area (Å²) in [4.78, 5) is 27.4. The van der Waals surface area contributed by atoms with Gasteiger partial charge in [0, 0.05) is 18.5 Å². The van der Waals surface area contributed by atoms with E-state index < -0.39 is 23.5 Å². The highest BCUT2D eigenvalue weighted by atomic mass is 127. The van der Waals surface area contributed by atoms with E-state index in [1.54, 1.807) is 13.8 Å². The number of methoxy groups -OCH3 is 1. The Balaban J connectivity index is 2.22. The molecule has 0 fully saturated rings. The van der Waals surface area contributed by atoms with Crippen molar-refractivity contribution in [3.05, 3.63) is 49.9 Å². The molecule has 26 heavy (non-hydrogen) atoms. The van der Waals surface area contributed by atoms with E-state index >= 15 is 0 Å². The fourth-order valence-electron chi connectivity index (χ4n) is 2.39. The first-order valence-electron chi connectivity index (χ1n) is 7.57. The van der Waals surface area contributed by atoms with E-state index in [9.17, 15) is 18.4 Å². The van der Waals surface area contributed by atoms with Crippen LogP contribution in [0.5, 0.6) is 0 Å². The van der Waals surface area contributed by atoms with Gasteiger partial charge in [0.05, 0.1) is 15.7 Å². The molecule has 0 aliphatic carbocycles. The second kappa shape index (κ2) is 8.58. The number of anilines is 1. The fraction of sp³-hybridized carbons (Fsp3) is 0.294. The van der Waals surface area contributed by atoms with Crippen LogP contribution in [0.15, 0.2) is 12.1 Å². The first-order valence-corrected chi connectivity index (χ1v) is 8.65. The van der Waals surface area contributed by atoms with Crippen molar-refractivity contribution in [2.45, 2.75) is 13.8 Å². The monoisotopic (exact) mass is 478 g/mol. The molecule has 0 saturated carbocycles. The number of esters is 1. The number of hydrogen-bond donors (Lipinski definition) is 2. The summed E-state index contributed by atoms with van der Waals surface area (Å²) in [6.07, 6.45) is 0. The number of carbonyl (C=O) groups is 2. The Morgan fingerprint density at radius 2 is 1.81 bits per heavy atom. The van der Waals surface area contributed by atoms with Gasteiger partial charge in [-0.15, -0.1) is 0 Å². The zero-order chi connectivity index (χ0) is 19.4. The molecule has 0 aliphatic rings. The number of aryl methyl sites for hydroxylation is 1. The molecular formula is C17H17F2IN2O4. The van der Waals surface area contributed by atoms with Crippen molar-refractivity contribution in [1.29, 1.82) is 0 Å². The zero-order valence-electron chi connectivity index (χ0n) is 14.3. The van der Waals surface area contributed by atoms with Crippen LogP contribution >= 0.6 is 22.6 Å². The molecule has 0 unspecified atom stereocenters. The Bertz CT molecular complexity index is 829. The van der Waals surface area contributed by atoms with E-state index in [4.69, 9.17) is 9.47 Å². The van der Waals surface area contributed by atoms with Crippen molar-refractivity contribution in [2.24, 2.45) is 0 Å². The lowest BCUT2D eigenvalue weighted by atomic mass is 10.1. The molecule has 1 amide bonds. The van der Waals surface area contributed by atoms with Gasteiger partial charge in [-0.2, -0.15) is 0 Å². The third-order valence-electron chi connectivity index (χ3n) is 3.63. The van der Waals surface area contributed by atoms with Gasteiger partial charge in [0.2, 0.25) is 0 Å². The SMILES string of the molecule is COCCOC(=O)c1c(C)[nH]c(C(=O)Nc2cc(F)c(I)c(F)c2)c1C. The van der Waals surface area contributed by atoms with Crippen LogP contribution in [0.2, 0.25) is 0 Å². The number of H-pyrrole nitrogens is 1. The van der Waals surface area contributed by atoms with E-state index in [1.807, 2.05) is 0 Å². The lowest BCUT2D eigenvalue weighted by Gasteiger charge is -2.07. The number of ether oxygens (including phenoxy) is 2. The third kappa shape index (κ3) is 4.39. The highest BCUT2D eigenvalue weighted by molar-refractivity contribution is 14.1. The average Bonchev–Trinajstić information content (AvgIpc) is 2.87. The van der Waals surface area contributed by atoms with Gasteiger partial charge in [0.1, 0.15) is 23.9 Å². The molecule has 1 aromatic heterocycles. The van der Waals surface area contributed by atoms with E-state index in [0.29, 0.717) is 11.3 Å². The smallest absolute Gasteiger partial charge is 0.340 e. The minimum Gasteiger partial charge on any atom is -0.460 e. The highest BCUT2D eigenvalue weighted by Crippen LogP contribution is 2.23. The summed E-state index contributed by atoms with van der Waals surface area (Å²) in [5.41, 5.74) is 1.16. The van der Waals surface area contributed by atoms with Gasteiger partial charge < -0.3 is 19.8 Å². The number of benzene rings is 1. The van der Waals surface area contributed by atoms with Gasteiger partial charge in [0.15, 0.2) is 0 Å². The maximum absolute atomic E-state index is 13.6. The largest absolute Gasteiger partial charge is 0.460 e. The standard InChI is InChI=1S/C17H17F2IN2O4/c1-8-13(17(24)26-5-4-25-3)9(2)21-15(8)16(23)22-10-6-11(18)14(20)12(19)7-10/h6-7,21H,4-5H2,1-3H3,(H,22,23). The van der Waals surface area contributed by atoms with Crippen LogP contribution in [0.4, 0.5) is 14.5 Å². The number of halogens is 3. The van der Waals surface area contributed by atoms with Crippen LogP contribution in [0.3, 0.4) is 0 Å². The molecule has 9 heteroatoms. The van der Waals surface area contributed by atoms with Crippen molar-refractivity contribution < 1.29 is 27.8 Å². The summed E-state index contributed by atoms with van der Waals surface area (Å²) in [6, 6.07) is 2.04. The Morgan fingerprint density at radius 1 is 1.19 bits per heavy atom. The summed E-state index contributed by atoms with van der Waals surface area (Å²) >= 11 is 1.54. The Labute approximate surface area is 162 Å². The lowest BCUT2D eigenvalue weighted by Crippen LogP contribution is -2.15. The summed E-state index contributed by atoms with van der Waals surface area (Å²) < 4.78 is 37.0. The van der Waals surface area contributed by atoms with Crippen LogP contribution in [-0.2, 0) is 9.47 Å². The minimum atomic E-state index is -0.775. The molecule has 2 rings (SSSR count). The summed E-state index contributed by atoms with van der Waals surface area (Å²) in [5, 5.41) is 2.41. The van der Waals surface area contributed by atoms with Crippen molar-refractivity contribution in [2.75, 3.05) is 25.6 Å². The molecule has 0 spiro atoms. The van der Waals surface area contributed by atoms with Crippen LogP contribution < -0.4 is 5.32 Å². The number of nitrogens with one attached hydrogen (secondary N) is 2. The van der Waals surface area contributed by atoms with Gasteiger partial charge in [0.25, 0.3) is 5.91 Å². The molecule has 6 nitrogen and oxygen atoms in total. The van der Waals surface area contributed by atoms with Crippen LogP contribution in [0.1, 0.15) is 32.1 Å².